The smallest absolute Gasteiger partial charge is 0.314 e. The van der Waals surface area contributed by atoms with E-state index in [4.69, 9.17) is 0 Å². The molecule has 0 unspecified atom stereocenters. The van der Waals surface area contributed by atoms with Crippen molar-refractivity contribution in [3.8, 4) is 0 Å². The molecule has 31 heavy (non-hydrogen) atoms. The third kappa shape index (κ3) is 4.52. The Morgan fingerprint density at radius 2 is 1.84 bits per heavy atom. The third-order valence-electron chi connectivity index (χ3n) is 5.83. The van der Waals surface area contributed by atoms with E-state index in [0.717, 1.165) is 29.7 Å². The molecule has 4 rings (SSSR count). The number of anilines is 2. The Labute approximate surface area is 180 Å². The molecule has 2 aromatic rings. The van der Waals surface area contributed by atoms with Crippen LogP contribution in [0.2, 0.25) is 0 Å². The summed E-state index contributed by atoms with van der Waals surface area (Å²) in [4.78, 5) is 42.6. The molecule has 2 fully saturated rings. The second-order valence-corrected chi connectivity index (χ2v) is 8.07. The summed E-state index contributed by atoms with van der Waals surface area (Å²) in [5, 5.41) is 2.92. The van der Waals surface area contributed by atoms with Crippen LogP contribution in [0.15, 0.2) is 42.5 Å². The minimum atomic E-state index is -0.390. The maximum absolute atomic E-state index is 13.2. The Hall–Kier alpha value is -3.42. The van der Waals surface area contributed by atoms with Crippen LogP contribution in [0, 0.1) is 19.7 Å². The molecule has 162 valence electrons. The standard InChI is InChI=1S/C23H25FN4O3/c1-15-4-3-5-20(16(15)2)25-23(31)27(18-10-11-18)13-21(29)26-12-22(30)28(14-26)19-8-6-17(24)7-9-19/h3-9,18H,10-14H2,1-2H3,(H,25,31). The molecule has 0 bridgehead atoms. The summed E-state index contributed by atoms with van der Waals surface area (Å²) < 4.78 is 13.2. The first-order valence-electron chi connectivity index (χ1n) is 10.3. The summed E-state index contributed by atoms with van der Waals surface area (Å²) in [6.07, 6.45) is 1.71. The fourth-order valence-electron chi connectivity index (χ4n) is 3.63. The molecule has 7 nitrogen and oxygen atoms in total. The van der Waals surface area contributed by atoms with Crippen molar-refractivity contribution in [1.82, 2.24) is 9.80 Å². The summed E-state index contributed by atoms with van der Waals surface area (Å²) in [6.45, 7) is 3.85. The summed E-state index contributed by atoms with van der Waals surface area (Å²) in [5.74, 6) is -0.919. The van der Waals surface area contributed by atoms with Crippen LogP contribution in [0.4, 0.5) is 20.6 Å². The molecule has 0 aromatic heterocycles. The van der Waals surface area contributed by atoms with Gasteiger partial charge in [-0.15, -0.1) is 0 Å². The van der Waals surface area contributed by atoms with Crippen LogP contribution >= 0.6 is 0 Å². The van der Waals surface area contributed by atoms with Crippen molar-refractivity contribution in [3.63, 3.8) is 0 Å². The molecule has 1 heterocycles. The second-order valence-electron chi connectivity index (χ2n) is 8.07. The molecule has 2 aliphatic rings. The largest absolute Gasteiger partial charge is 0.322 e. The first-order chi connectivity index (χ1) is 14.8. The number of urea groups is 1. The van der Waals surface area contributed by atoms with E-state index in [1.54, 1.807) is 4.90 Å². The van der Waals surface area contributed by atoms with Crippen LogP contribution in [-0.2, 0) is 9.59 Å². The third-order valence-corrected chi connectivity index (χ3v) is 5.83. The molecule has 1 saturated heterocycles. The zero-order valence-electron chi connectivity index (χ0n) is 17.6. The molecule has 4 amide bonds. The number of halogens is 1. The summed E-state index contributed by atoms with van der Waals surface area (Å²) >= 11 is 0. The van der Waals surface area contributed by atoms with E-state index in [-0.39, 0.29) is 43.6 Å². The van der Waals surface area contributed by atoms with Crippen LogP contribution in [-0.4, -0.2) is 53.4 Å². The fraction of sp³-hybridized carbons (Fsp3) is 0.348. The van der Waals surface area contributed by atoms with Gasteiger partial charge in [-0.3, -0.25) is 14.5 Å². The molecule has 1 N–H and O–H groups in total. The summed E-state index contributed by atoms with van der Waals surface area (Å²) in [5.41, 5.74) is 3.32. The number of nitrogens with zero attached hydrogens (tertiary/aromatic N) is 3. The second kappa shape index (κ2) is 8.37. The van der Waals surface area contributed by atoms with Crippen LogP contribution in [0.5, 0.6) is 0 Å². The first kappa shape index (κ1) is 20.8. The number of carbonyl (C=O) groups is 3. The Morgan fingerprint density at radius 3 is 2.52 bits per heavy atom. The van der Waals surface area contributed by atoms with Crippen molar-refractivity contribution < 1.29 is 18.8 Å². The minimum absolute atomic E-state index is 0.0283. The van der Waals surface area contributed by atoms with Gasteiger partial charge in [0.15, 0.2) is 0 Å². The lowest BCUT2D eigenvalue weighted by molar-refractivity contribution is -0.132. The van der Waals surface area contributed by atoms with Crippen LogP contribution in [0.1, 0.15) is 24.0 Å². The quantitative estimate of drug-likeness (QED) is 0.801. The van der Waals surface area contributed by atoms with Gasteiger partial charge in [0, 0.05) is 17.4 Å². The maximum atomic E-state index is 13.2. The van der Waals surface area contributed by atoms with E-state index < -0.39 is 5.82 Å². The molecule has 0 spiro atoms. The molecular formula is C23H25FN4O3. The number of aryl methyl sites for hydroxylation is 1. The van der Waals surface area contributed by atoms with Gasteiger partial charge in [-0.05, 0) is 68.1 Å². The number of carbonyl (C=O) groups excluding carboxylic acids is 3. The minimum Gasteiger partial charge on any atom is -0.314 e. The maximum Gasteiger partial charge on any atom is 0.322 e. The van der Waals surface area contributed by atoms with Gasteiger partial charge >= 0.3 is 6.03 Å². The highest BCUT2D eigenvalue weighted by atomic mass is 19.1. The average molecular weight is 424 g/mol. The lowest BCUT2D eigenvalue weighted by atomic mass is 10.1. The SMILES string of the molecule is Cc1cccc(NC(=O)N(CC(=O)N2CC(=O)N(c3ccc(F)cc3)C2)C2CC2)c1C. The Balaban J connectivity index is 1.42. The van der Waals surface area contributed by atoms with Gasteiger partial charge in [-0.2, -0.15) is 0 Å². The molecular weight excluding hydrogens is 399 g/mol. The average Bonchev–Trinajstić information content (AvgIpc) is 3.51. The van der Waals surface area contributed by atoms with Gasteiger partial charge in [0.05, 0.1) is 0 Å². The Kier molecular flexibility index (Phi) is 5.63. The van der Waals surface area contributed by atoms with Crippen molar-refractivity contribution in [1.29, 1.82) is 0 Å². The van der Waals surface area contributed by atoms with Crippen molar-refractivity contribution in [2.75, 3.05) is 30.0 Å². The number of amides is 4. The van der Waals surface area contributed by atoms with Crippen LogP contribution < -0.4 is 10.2 Å². The first-order valence-corrected chi connectivity index (χ1v) is 10.3. The molecule has 1 aliphatic heterocycles. The van der Waals surface area contributed by atoms with Gasteiger partial charge in [0.2, 0.25) is 11.8 Å². The number of rotatable bonds is 5. The zero-order chi connectivity index (χ0) is 22.1. The molecule has 0 radical (unpaired) electrons. The van der Waals surface area contributed by atoms with Gasteiger partial charge in [0.25, 0.3) is 0 Å². The molecule has 1 saturated carbocycles. The van der Waals surface area contributed by atoms with Gasteiger partial charge in [0.1, 0.15) is 25.6 Å². The molecule has 2 aromatic carbocycles. The van der Waals surface area contributed by atoms with E-state index in [0.29, 0.717) is 5.69 Å². The van der Waals surface area contributed by atoms with E-state index in [9.17, 15) is 18.8 Å². The number of benzene rings is 2. The van der Waals surface area contributed by atoms with Gasteiger partial charge in [-0.1, -0.05) is 12.1 Å². The number of nitrogens with one attached hydrogen (secondary N) is 1. The fourth-order valence-corrected chi connectivity index (χ4v) is 3.63. The lowest BCUT2D eigenvalue weighted by Gasteiger charge is -2.25. The van der Waals surface area contributed by atoms with Crippen molar-refractivity contribution in [2.45, 2.75) is 32.7 Å². The normalized spacial score (nSPS) is 15.9. The predicted molar refractivity (Wildman–Crippen MR) is 115 cm³/mol. The molecule has 8 heteroatoms. The highest BCUT2D eigenvalue weighted by Gasteiger charge is 2.37. The van der Waals surface area contributed by atoms with Crippen LogP contribution in [0.3, 0.4) is 0 Å². The predicted octanol–water partition coefficient (Wildman–Crippen LogP) is 3.27. The summed E-state index contributed by atoms with van der Waals surface area (Å²) in [7, 11) is 0. The van der Waals surface area contributed by atoms with Gasteiger partial charge < -0.3 is 15.1 Å². The van der Waals surface area contributed by atoms with E-state index >= 15 is 0 Å². The Bertz CT molecular complexity index is 1020. The topological polar surface area (TPSA) is 73.0 Å². The van der Waals surface area contributed by atoms with E-state index in [1.165, 1.54) is 34.1 Å². The molecule has 1 aliphatic carbocycles. The van der Waals surface area contributed by atoms with Crippen molar-refractivity contribution >= 4 is 29.2 Å². The van der Waals surface area contributed by atoms with E-state index in [1.807, 2.05) is 32.0 Å². The molecule has 0 atom stereocenters. The zero-order valence-corrected chi connectivity index (χ0v) is 17.6. The van der Waals surface area contributed by atoms with E-state index in [2.05, 4.69) is 5.32 Å². The highest BCUT2D eigenvalue weighted by molar-refractivity contribution is 6.01. The number of hydrogen-bond acceptors (Lipinski definition) is 3. The number of hydrogen-bond donors (Lipinski definition) is 1. The van der Waals surface area contributed by atoms with Crippen LogP contribution in [0.25, 0.3) is 0 Å². The summed E-state index contributed by atoms with van der Waals surface area (Å²) in [6, 6.07) is 11.0. The lowest BCUT2D eigenvalue weighted by Crippen LogP contribution is -2.45. The highest BCUT2D eigenvalue weighted by Crippen LogP contribution is 2.29. The van der Waals surface area contributed by atoms with Gasteiger partial charge in [-0.25, -0.2) is 9.18 Å². The van der Waals surface area contributed by atoms with Crippen molar-refractivity contribution in [3.05, 3.63) is 59.4 Å². The van der Waals surface area contributed by atoms with Crippen molar-refractivity contribution in [2.24, 2.45) is 0 Å². The Morgan fingerprint density at radius 1 is 1.13 bits per heavy atom. The monoisotopic (exact) mass is 424 g/mol.